The van der Waals surface area contributed by atoms with E-state index in [1.54, 1.807) is 34.7 Å². The zero-order valence-electron chi connectivity index (χ0n) is 11.3. The van der Waals surface area contributed by atoms with E-state index in [4.69, 9.17) is 4.74 Å². The number of carbonyl (C=O) groups is 2. The maximum Gasteiger partial charge on any atom is 0.335 e. The number of esters is 1. The summed E-state index contributed by atoms with van der Waals surface area (Å²) in [5.41, 5.74) is 0.109. The number of amides is 1. The van der Waals surface area contributed by atoms with Crippen LogP contribution in [0, 0.1) is 0 Å². The summed E-state index contributed by atoms with van der Waals surface area (Å²) < 4.78 is 5.14. The first-order chi connectivity index (χ1) is 7.54. The van der Waals surface area contributed by atoms with E-state index in [0.717, 1.165) is 0 Å². The Morgan fingerprint density at radius 2 is 1.71 bits per heavy atom. The number of likely N-dealkylation sites (N-methyl/N-ethyl adjacent to an activating group) is 1. The summed E-state index contributed by atoms with van der Waals surface area (Å²) in [7, 11) is 1.59. The van der Waals surface area contributed by atoms with Crippen LogP contribution in [0.25, 0.3) is 0 Å². The lowest BCUT2D eigenvalue weighted by Gasteiger charge is -2.22. The van der Waals surface area contributed by atoms with Crippen molar-refractivity contribution in [2.24, 2.45) is 0 Å². The van der Waals surface area contributed by atoms with E-state index in [1.165, 1.54) is 4.90 Å². The van der Waals surface area contributed by atoms with Crippen LogP contribution in [0.2, 0.25) is 0 Å². The molecule has 4 nitrogen and oxygen atoms in total. The summed E-state index contributed by atoms with van der Waals surface area (Å²) in [6.07, 6.45) is 0. The van der Waals surface area contributed by atoms with Gasteiger partial charge in [0.1, 0.15) is 5.60 Å². The van der Waals surface area contributed by atoms with Crippen molar-refractivity contribution in [1.29, 1.82) is 0 Å². The summed E-state index contributed by atoms with van der Waals surface area (Å²) in [5.74, 6) is -0.700. The maximum absolute atomic E-state index is 11.6. The molecule has 0 saturated carbocycles. The van der Waals surface area contributed by atoms with E-state index in [9.17, 15) is 9.59 Å². The fraction of sp³-hybridized carbons (Fsp3) is 0.538. The number of carbonyl (C=O) groups excluding carboxylic acids is 2. The van der Waals surface area contributed by atoms with E-state index in [1.807, 2.05) is 0 Å². The van der Waals surface area contributed by atoms with Gasteiger partial charge in [-0.25, -0.2) is 4.79 Å². The predicted octanol–water partition coefficient (Wildman–Crippen LogP) is 1.92. The van der Waals surface area contributed by atoms with Crippen molar-refractivity contribution in [2.75, 3.05) is 13.6 Å². The van der Waals surface area contributed by atoms with Gasteiger partial charge >= 0.3 is 5.97 Å². The van der Waals surface area contributed by atoms with Gasteiger partial charge in [0.2, 0.25) is 5.91 Å². The minimum atomic E-state index is -0.559. The Morgan fingerprint density at radius 1 is 1.24 bits per heavy atom. The molecular weight excluding hydrogens is 218 g/mol. The topological polar surface area (TPSA) is 46.6 Å². The molecule has 0 fully saturated rings. The Morgan fingerprint density at radius 3 is 2.06 bits per heavy atom. The molecule has 4 heteroatoms. The summed E-state index contributed by atoms with van der Waals surface area (Å²) in [5, 5.41) is 0. The molecule has 0 spiro atoms. The Balaban J connectivity index is 4.41. The molecule has 0 saturated heterocycles. The van der Waals surface area contributed by atoms with Gasteiger partial charge < -0.3 is 9.64 Å². The van der Waals surface area contributed by atoms with Crippen LogP contribution in [0.5, 0.6) is 0 Å². The van der Waals surface area contributed by atoms with Gasteiger partial charge in [-0.15, -0.1) is 0 Å². The fourth-order valence-electron chi connectivity index (χ4n) is 1.10. The molecule has 17 heavy (non-hydrogen) atoms. The van der Waals surface area contributed by atoms with Gasteiger partial charge in [-0.3, -0.25) is 4.79 Å². The monoisotopic (exact) mass is 239 g/mol. The van der Waals surface area contributed by atoms with Crippen molar-refractivity contribution < 1.29 is 14.3 Å². The van der Waals surface area contributed by atoms with E-state index in [0.29, 0.717) is 5.57 Å². The molecule has 0 aromatic rings. The van der Waals surface area contributed by atoms with E-state index in [-0.39, 0.29) is 18.0 Å². The molecule has 0 aliphatic rings. The second kappa shape index (κ2) is 5.66. The number of hydrogen-bond acceptors (Lipinski definition) is 3. The first-order valence-corrected chi connectivity index (χ1v) is 5.36. The van der Waals surface area contributed by atoms with Crippen LogP contribution in [0.4, 0.5) is 0 Å². The van der Waals surface area contributed by atoms with Crippen LogP contribution in [0.3, 0.4) is 0 Å². The van der Waals surface area contributed by atoms with Crippen molar-refractivity contribution in [3.05, 3.63) is 24.3 Å². The molecule has 0 aliphatic carbocycles. The van der Waals surface area contributed by atoms with Crippen LogP contribution in [0.15, 0.2) is 24.3 Å². The smallest absolute Gasteiger partial charge is 0.335 e. The van der Waals surface area contributed by atoms with Crippen molar-refractivity contribution in [1.82, 2.24) is 4.90 Å². The zero-order chi connectivity index (χ0) is 13.8. The Labute approximate surface area is 103 Å². The molecule has 0 unspecified atom stereocenters. The second-order valence-corrected chi connectivity index (χ2v) is 5.05. The normalized spacial score (nSPS) is 10.6. The third kappa shape index (κ3) is 5.90. The van der Waals surface area contributed by atoms with Gasteiger partial charge in [-0.2, -0.15) is 0 Å². The lowest BCUT2D eigenvalue weighted by molar-refractivity contribution is -0.150. The molecular formula is C13H21NO3. The summed E-state index contributed by atoms with van der Waals surface area (Å²) in [6, 6.07) is 0. The number of hydrogen-bond donors (Lipinski definition) is 0. The molecule has 0 aliphatic heterocycles. The van der Waals surface area contributed by atoms with Crippen molar-refractivity contribution in [3.63, 3.8) is 0 Å². The van der Waals surface area contributed by atoms with Crippen LogP contribution < -0.4 is 0 Å². The summed E-state index contributed by atoms with van der Waals surface area (Å²) in [6.45, 7) is 14.3. The summed E-state index contributed by atoms with van der Waals surface area (Å²) >= 11 is 0. The largest absolute Gasteiger partial charge is 0.457 e. The molecule has 0 radical (unpaired) electrons. The van der Waals surface area contributed by atoms with Gasteiger partial charge in [0, 0.05) is 18.2 Å². The average Bonchev–Trinajstić information content (AvgIpc) is 2.13. The second-order valence-electron chi connectivity index (χ2n) is 5.05. The summed E-state index contributed by atoms with van der Waals surface area (Å²) in [4.78, 5) is 24.5. The molecule has 0 N–H and O–H groups in total. The molecule has 0 rings (SSSR count). The molecule has 0 aromatic heterocycles. The quantitative estimate of drug-likeness (QED) is 0.556. The van der Waals surface area contributed by atoms with E-state index in [2.05, 4.69) is 13.2 Å². The van der Waals surface area contributed by atoms with Crippen LogP contribution in [-0.2, 0) is 14.3 Å². The maximum atomic E-state index is 11.6. The molecule has 0 bridgehead atoms. The molecule has 0 atom stereocenters. The lowest BCUT2D eigenvalue weighted by atomic mass is 10.2. The zero-order valence-corrected chi connectivity index (χ0v) is 11.3. The highest BCUT2D eigenvalue weighted by atomic mass is 16.6. The van der Waals surface area contributed by atoms with Gasteiger partial charge in [-0.1, -0.05) is 13.2 Å². The molecule has 96 valence electrons. The highest BCUT2D eigenvalue weighted by Gasteiger charge is 2.20. The Hall–Kier alpha value is -1.58. The molecule has 0 aromatic carbocycles. The minimum absolute atomic E-state index is 0.139. The number of ether oxygens (including phenoxy) is 1. The Bertz CT molecular complexity index is 350. The van der Waals surface area contributed by atoms with Crippen molar-refractivity contribution in [2.45, 2.75) is 33.3 Å². The fourth-order valence-corrected chi connectivity index (χ4v) is 1.10. The minimum Gasteiger partial charge on any atom is -0.457 e. The van der Waals surface area contributed by atoms with Crippen molar-refractivity contribution in [3.8, 4) is 0 Å². The predicted molar refractivity (Wildman–Crippen MR) is 67.4 cm³/mol. The first kappa shape index (κ1) is 15.4. The van der Waals surface area contributed by atoms with E-state index < -0.39 is 11.6 Å². The molecule has 1 amide bonds. The van der Waals surface area contributed by atoms with Gasteiger partial charge in [0.15, 0.2) is 0 Å². The van der Waals surface area contributed by atoms with Crippen LogP contribution >= 0.6 is 0 Å². The average molecular weight is 239 g/mol. The van der Waals surface area contributed by atoms with Crippen molar-refractivity contribution >= 4 is 11.9 Å². The van der Waals surface area contributed by atoms with Gasteiger partial charge in [0.05, 0.1) is 6.54 Å². The SMILES string of the molecule is C=C(C)C(=O)N(C)CC(=C)C(=O)OC(C)(C)C. The Kier molecular flexibility index (Phi) is 5.13. The highest BCUT2D eigenvalue weighted by molar-refractivity contribution is 5.94. The highest BCUT2D eigenvalue weighted by Crippen LogP contribution is 2.11. The standard InChI is InChI=1S/C13H21NO3/c1-9(2)11(15)14(7)8-10(3)12(16)17-13(4,5)6/h1,3,8H2,2,4-7H3. The number of nitrogens with zero attached hydrogens (tertiary/aromatic N) is 1. The number of rotatable bonds is 4. The third-order valence-electron chi connectivity index (χ3n) is 1.83. The molecule has 0 heterocycles. The van der Waals surface area contributed by atoms with E-state index >= 15 is 0 Å². The van der Waals surface area contributed by atoms with Crippen LogP contribution in [-0.4, -0.2) is 36.0 Å². The third-order valence-corrected chi connectivity index (χ3v) is 1.83. The lowest BCUT2D eigenvalue weighted by Crippen LogP contribution is -2.33. The van der Waals surface area contributed by atoms with Crippen LogP contribution in [0.1, 0.15) is 27.7 Å². The van der Waals surface area contributed by atoms with Gasteiger partial charge in [0.25, 0.3) is 0 Å². The first-order valence-electron chi connectivity index (χ1n) is 5.36. The van der Waals surface area contributed by atoms with Gasteiger partial charge in [-0.05, 0) is 27.7 Å².